The van der Waals surface area contributed by atoms with Gasteiger partial charge < -0.3 is 20.1 Å². The van der Waals surface area contributed by atoms with Crippen molar-refractivity contribution >= 4 is 50.9 Å². The van der Waals surface area contributed by atoms with Crippen molar-refractivity contribution in [2.24, 2.45) is 0 Å². The maximum absolute atomic E-state index is 13.0. The van der Waals surface area contributed by atoms with Crippen molar-refractivity contribution in [2.45, 2.75) is 24.2 Å². The van der Waals surface area contributed by atoms with Gasteiger partial charge in [-0.15, -0.1) is 10.2 Å². The summed E-state index contributed by atoms with van der Waals surface area (Å²) in [5.41, 5.74) is 1.69. The predicted molar refractivity (Wildman–Crippen MR) is 120 cm³/mol. The second-order valence-corrected chi connectivity index (χ2v) is 9.57. The number of thioether (sulfide) groups is 1. The summed E-state index contributed by atoms with van der Waals surface area (Å²) in [6, 6.07) is 7.98. The van der Waals surface area contributed by atoms with Crippen LogP contribution in [0.4, 0.5) is 5.13 Å². The fraction of sp³-hybridized carbons (Fsp3) is 0.400. The van der Waals surface area contributed by atoms with Gasteiger partial charge in [-0.05, 0) is 19.9 Å². The van der Waals surface area contributed by atoms with Crippen molar-refractivity contribution in [3.8, 4) is 0 Å². The summed E-state index contributed by atoms with van der Waals surface area (Å²) in [4.78, 5) is 32.0. The van der Waals surface area contributed by atoms with Gasteiger partial charge in [-0.2, -0.15) is 0 Å². The number of rotatable bonds is 6. The SMILES string of the molecule is CC(C)NC(=O)CSc1nnc(N2CCN(C(=O)c3c[nH]c4ccccc34)CC2)s1. The Kier molecular flexibility index (Phi) is 6.24. The molecule has 158 valence electrons. The van der Waals surface area contributed by atoms with E-state index in [0.29, 0.717) is 37.5 Å². The molecule has 1 aliphatic rings. The number of hydrogen-bond acceptors (Lipinski definition) is 7. The molecule has 3 aromatic rings. The molecule has 0 saturated carbocycles. The minimum Gasteiger partial charge on any atom is -0.360 e. The fourth-order valence-corrected chi connectivity index (χ4v) is 5.10. The number of hydrogen-bond donors (Lipinski definition) is 2. The maximum Gasteiger partial charge on any atom is 0.256 e. The maximum atomic E-state index is 13.0. The molecule has 2 aromatic heterocycles. The number of para-hydroxylation sites is 1. The van der Waals surface area contributed by atoms with E-state index >= 15 is 0 Å². The summed E-state index contributed by atoms with van der Waals surface area (Å²) < 4.78 is 0.779. The Morgan fingerprint density at radius 2 is 1.97 bits per heavy atom. The van der Waals surface area contributed by atoms with Crippen LogP contribution in [0.15, 0.2) is 34.8 Å². The van der Waals surface area contributed by atoms with Gasteiger partial charge in [0, 0.05) is 49.3 Å². The van der Waals surface area contributed by atoms with Crippen LogP contribution < -0.4 is 10.2 Å². The van der Waals surface area contributed by atoms with E-state index in [4.69, 9.17) is 0 Å². The van der Waals surface area contributed by atoms with Gasteiger partial charge in [-0.3, -0.25) is 9.59 Å². The molecule has 4 rings (SSSR count). The van der Waals surface area contributed by atoms with E-state index in [-0.39, 0.29) is 17.9 Å². The van der Waals surface area contributed by atoms with Crippen molar-refractivity contribution < 1.29 is 9.59 Å². The van der Waals surface area contributed by atoms with Gasteiger partial charge in [0.05, 0.1) is 11.3 Å². The van der Waals surface area contributed by atoms with E-state index < -0.39 is 0 Å². The quantitative estimate of drug-likeness (QED) is 0.568. The standard InChI is InChI=1S/C20H24N6O2S2/c1-13(2)22-17(27)12-29-20-24-23-19(30-20)26-9-7-25(8-10-26)18(28)15-11-21-16-6-4-3-5-14(15)16/h3-6,11,13,21H,7-10,12H2,1-2H3,(H,22,27). The second-order valence-electron chi connectivity index (χ2n) is 7.39. The Balaban J connectivity index is 1.32. The van der Waals surface area contributed by atoms with Crippen LogP contribution in [0.1, 0.15) is 24.2 Å². The smallest absolute Gasteiger partial charge is 0.256 e. The van der Waals surface area contributed by atoms with E-state index in [1.807, 2.05) is 43.0 Å². The molecule has 0 unspecified atom stereocenters. The minimum atomic E-state index is -0.00356. The van der Waals surface area contributed by atoms with Crippen LogP contribution in [0, 0.1) is 0 Å². The average molecular weight is 445 g/mol. The van der Waals surface area contributed by atoms with Gasteiger partial charge in [0.2, 0.25) is 11.0 Å². The van der Waals surface area contributed by atoms with Gasteiger partial charge >= 0.3 is 0 Å². The van der Waals surface area contributed by atoms with E-state index in [0.717, 1.165) is 20.4 Å². The van der Waals surface area contributed by atoms with Gasteiger partial charge in [0.1, 0.15) is 0 Å². The molecule has 8 nitrogen and oxygen atoms in total. The first-order valence-corrected chi connectivity index (χ1v) is 11.7. The highest BCUT2D eigenvalue weighted by Gasteiger charge is 2.25. The Labute approximate surface area is 183 Å². The van der Waals surface area contributed by atoms with Crippen molar-refractivity contribution in [3.05, 3.63) is 36.0 Å². The number of carbonyl (C=O) groups excluding carboxylic acids is 2. The number of nitrogens with one attached hydrogen (secondary N) is 2. The normalized spacial score (nSPS) is 14.5. The molecule has 1 aromatic carbocycles. The number of amides is 2. The number of piperazine rings is 1. The van der Waals surface area contributed by atoms with Crippen LogP contribution in [0.5, 0.6) is 0 Å². The predicted octanol–water partition coefficient (Wildman–Crippen LogP) is 2.60. The lowest BCUT2D eigenvalue weighted by Gasteiger charge is -2.34. The number of nitrogens with zero attached hydrogens (tertiary/aromatic N) is 4. The van der Waals surface area contributed by atoms with Crippen molar-refractivity contribution in [1.29, 1.82) is 0 Å². The minimum absolute atomic E-state index is 0.00356. The molecule has 10 heteroatoms. The highest BCUT2D eigenvalue weighted by Crippen LogP contribution is 2.29. The van der Waals surface area contributed by atoms with Crippen LogP contribution in [0.3, 0.4) is 0 Å². The Bertz CT molecular complexity index is 1040. The summed E-state index contributed by atoms with van der Waals surface area (Å²) >= 11 is 2.89. The average Bonchev–Trinajstić information content (AvgIpc) is 3.39. The molecule has 1 aliphatic heterocycles. The first-order chi connectivity index (χ1) is 14.5. The zero-order valence-electron chi connectivity index (χ0n) is 16.9. The molecule has 1 fully saturated rings. The van der Waals surface area contributed by atoms with Crippen molar-refractivity contribution in [1.82, 2.24) is 25.4 Å². The van der Waals surface area contributed by atoms with Crippen LogP contribution >= 0.6 is 23.1 Å². The zero-order chi connectivity index (χ0) is 21.1. The summed E-state index contributed by atoms with van der Waals surface area (Å²) in [5.74, 6) is 0.382. The Morgan fingerprint density at radius 1 is 1.20 bits per heavy atom. The number of benzene rings is 1. The summed E-state index contributed by atoms with van der Waals surface area (Å²) in [7, 11) is 0. The molecule has 0 bridgehead atoms. The molecule has 2 N–H and O–H groups in total. The van der Waals surface area contributed by atoms with E-state index in [9.17, 15) is 9.59 Å². The van der Waals surface area contributed by atoms with Gasteiger partial charge in [-0.25, -0.2) is 0 Å². The lowest BCUT2D eigenvalue weighted by atomic mass is 10.1. The lowest BCUT2D eigenvalue weighted by Crippen LogP contribution is -2.48. The van der Waals surface area contributed by atoms with Gasteiger partial charge in [0.15, 0.2) is 4.34 Å². The third kappa shape index (κ3) is 4.59. The van der Waals surface area contributed by atoms with E-state index in [1.165, 1.54) is 23.1 Å². The van der Waals surface area contributed by atoms with Gasteiger partial charge in [-0.1, -0.05) is 41.3 Å². The molecule has 0 aliphatic carbocycles. The summed E-state index contributed by atoms with van der Waals surface area (Å²) in [6.07, 6.45) is 1.79. The van der Waals surface area contributed by atoms with E-state index in [1.54, 1.807) is 6.20 Å². The number of aromatic amines is 1. The number of anilines is 1. The second kappa shape index (κ2) is 9.05. The first kappa shape index (κ1) is 20.7. The fourth-order valence-electron chi connectivity index (χ4n) is 3.40. The molecule has 2 amide bonds. The van der Waals surface area contributed by atoms with E-state index in [2.05, 4.69) is 25.4 Å². The molecule has 1 saturated heterocycles. The lowest BCUT2D eigenvalue weighted by molar-refractivity contribution is -0.119. The number of aromatic nitrogens is 3. The van der Waals surface area contributed by atoms with Gasteiger partial charge in [0.25, 0.3) is 5.91 Å². The molecule has 0 spiro atoms. The molecule has 0 atom stereocenters. The van der Waals surface area contributed by atoms with Crippen molar-refractivity contribution in [2.75, 3.05) is 36.8 Å². The number of fused-ring (bicyclic) bond motifs is 1. The largest absolute Gasteiger partial charge is 0.360 e. The molecule has 0 radical (unpaired) electrons. The van der Waals surface area contributed by atoms with Crippen LogP contribution in [0.2, 0.25) is 0 Å². The van der Waals surface area contributed by atoms with Crippen molar-refractivity contribution in [3.63, 3.8) is 0 Å². The monoisotopic (exact) mass is 444 g/mol. The Morgan fingerprint density at radius 3 is 2.73 bits per heavy atom. The van der Waals surface area contributed by atoms with Crippen LogP contribution in [-0.4, -0.2) is 69.9 Å². The third-order valence-electron chi connectivity index (χ3n) is 4.83. The summed E-state index contributed by atoms with van der Waals surface area (Å²) in [6.45, 7) is 6.57. The highest BCUT2D eigenvalue weighted by molar-refractivity contribution is 8.01. The van der Waals surface area contributed by atoms with Crippen LogP contribution in [-0.2, 0) is 4.79 Å². The number of carbonyl (C=O) groups is 2. The number of H-pyrrole nitrogens is 1. The molecule has 3 heterocycles. The molecular formula is C20H24N6O2S2. The molecule has 30 heavy (non-hydrogen) atoms. The topological polar surface area (TPSA) is 94.2 Å². The van der Waals surface area contributed by atoms with Crippen LogP contribution in [0.25, 0.3) is 10.9 Å². The Hall–Kier alpha value is -2.59. The first-order valence-electron chi connectivity index (χ1n) is 9.87. The molecular weight excluding hydrogens is 420 g/mol. The third-order valence-corrected chi connectivity index (χ3v) is 6.95. The summed E-state index contributed by atoms with van der Waals surface area (Å²) in [5, 5.41) is 13.1. The highest BCUT2D eigenvalue weighted by atomic mass is 32.2. The zero-order valence-corrected chi connectivity index (χ0v) is 18.6.